The van der Waals surface area contributed by atoms with Crippen LogP contribution in [0.3, 0.4) is 0 Å². The number of esters is 2. The maximum atomic E-state index is 11.5. The molecule has 1 unspecified atom stereocenters. The van der Waals surface area contributed by atoms with Gasteiger partial charge in [0.25, 0.3) is 11.1 Å². The summed E-state index contributed by atoms with van der Waals surface area (Å²) in [6, 6.07) is 19.6. The molecule has 0 bridgehead atoms. The quantitative estimate of drug-likeness (QED) is 0.00904. The van der Waals surface area contributed by atoms with Crippen LogP contribution in [0.1, 0.15) is 97.5 Å². The molecule has 508 valence electrons. The van der Waals surface area contributed by atoms with Gasteiger partial charge in [0.2, 0.25) is 17.7 Å². The summed E-state index contributed by atoms with van der Waals surface area (Å²) in [4.78, 5) is 128. The summed E-state index contributed by atoms with van der Waals surface area (Å²) in [5, 5.41) is 20.2. The number of nitrogens with two attached hydrogens (primary N) is 2. The molecule has 3 aromatic carbocycles. The summed E-state index contributed by atoms with van der Waals surface area (Å²) in [5.74, 6) is -1.51. The molecule has 2 aliphatic heterocycles. The Morgan fingerprint density at radius 1 is 0.685 bits per heavy atom. The van der Waals surface area contributed by atoms with E-state index in [-0.39, 0.29) is 111 Å². The fourth-order valence-electron chi connectivity index (χ4n) is 6.73. The van der Waals surface area contributed by atoms with Crippen molar-refractivity contribution in [1.82, 2.24) is 39.5 Å². The van der Waals surface area contributed by atoms with Crippen molar-refractivity contribution in [1.29, 1.82) is 0 Å². The van der Waals surface area contributed by atoms with E-state index in [1.807, 2.05) is 53.8 Å². The number of methoxy groups -OCH3 is 1. The van der Waals surface area contributed by atoms with Crippen LogP contribution >= 0.6 is 46.4 Å². The van der Waals surface area contributed by atoms with E-state index in [4.69, 9.17) is 69.7 Å². The number of hydrogen-bond donors (Lipinski definition) is 8. The summed E-state index contributed by atoms with van der Waals surface area (Å²) >= 11 is 19.9. The molecular formula is C59H88Cl4KN13O15. The molecule has 33 heteroatoms. The van der Waals surface area contributed by atoms with Crippen LogP contribution in [0.25, 0.3) is 5.01 Å². The molecule has 2 saturated heterocycles. The number of nitrogens with zero attached hydrogens (tertiary/aromatic N) is 5. The molecule has 5 aromatic rings. The number of benzene rings is 3. The van der Waals surface area contributed by atoms with Gasteiger partial charge in [0.1, 0.15) is 30.0 Å². The molecule has 92 heavy (non-hydrogen) atoms. The number of rotatable bonds is 12. The molecule has 0 aliphatic carbocycles. The van der Waals surface area contributed by atoms with Gasteiger partial charge in [0.15, 0.2) is 4.30 Å². The Labute approximate surface area is 600 Å². The minimum Gasteiger partial charge on any atom is -0.539 e. The molecular weight excluding hydrogens is 1310 g/mol. The Morgan fingerprint density at radius 3 is 1.36 bits per heavy atom. The Morgan fingerprint density at radius 2 is 1.04 bits per heavy atom. The number of H-pyrrole nitrogens is 2. The molecule has 0 radical (unpaired) electrons. The number of ether oxygens (including phenoxy) is 3. The maximum Gasteiger partial charge on any atom is 1.00 e. The summed E-state index contributed by atoms with van der Waals surface area (Å²) in [7, 11) is 7.17. The second-order valence-electron chi connectivity index (χ2n) is 18.2. The van der Waals surface area contributed by atoms with Crippen molar-refractivity contribution in [2.45, 2.75) is 111 Å². The van der Waals surface area contributed by atoms with Gasteiger partial charge in [0.05, 0.1) is 26.4 Å². The largest absolute Gasteiger partial charge is 1.00 e. The Kier molecular flexibility index (Phi) is 50.1. The molecule has 7 amide bonds. The number of carbonyl (C=O) groups excluding carboxylic acids is 7. The minimum absolute atomic E-state index is 0. The first-order valence-corrected chi connectivity index (χ1v) is 28.9. The van der Waals surface area contributed by atoms with E-state index in [0.29, 0.717) is 18.4 Å². The van der Waals surface area contributed by atoms with Gasteiger partial charge >= 0.3 is 86.8 Å². The molecule has 2 aliphatic rings. The number of carbonyl (C=O) groups is 7. The number of imide groups is 3. The number of nitrogen functional groups attached to an aromatic ring is 1. The van der Waals surface area contributed by atoms with Gasteiger partial charge in [-0.05, 0) is 124 Å². The second-order valence-corrected chi connectivity index (χ2v) is 20.7. The van der Waals surface area contributed by atoms with Crippen LogP contribution in [0.2, 0.25) is 0 Å². The number of aromatic amines is 2. The number of barbiturate groups is 1. The van der Waals surface area contributed by atoms with E-state index in [2.05, 4.69) is 87.7 Å². The van der Waals surface area contributed by atoms with Crippen LogP contribution in [0.15, 0.2) is 85.9 Å². The van der Waals surface area contributed by atoms with Gasteiger partial charge in [0, 0.05) is 67.3 Å². The molecule has 2 fully saturated rings. The Hall–Kier alpha value is -7.08. The van der Waals surface area contributed by atoms with E-state index in [1.54, 1.807) is 21.0 Å². The van der Waals surface area contributed by atoms with Gasteiger partial charge in [-0.1, -0.05) is 92.8 Å². The normalized spacial score (nSPS) is 12.2. The average Bonchev–Trinajstić information content (AvgIpc) is 1.08. The molecule has 0 saturated carbocycles. The van der Waals surface area contributed by atoms with Gasteiger partial charge < -0.3 is 46.8 Å². The number of hydrogen-bond acceptors (Lipinski definition) is 19. The number of urea groups is 2. The molecule has 10 N–H and O–H groups in total. The van der Waals surface area contributed by atoms with Gasteiger partial charge in [-0.25, -0.2) is 25.8 Å². The third kappa shape index (κ3) is 38.1. The van der Waals surface area contributed by atoms with Crippen LogP contribution < -0.4 is 107 Å². The van der Waals surface area contributed by atoms with E-state index in [0.717, 1.165) is 55.3 Å². The summed E-state index contributed by atoms with van der Waals surface area (Å²) < 4.78 is 14.7. The zero-order valence-corrected chi connectivity index (χ0v) is 59.5. The van der Waals surface area contributed by atoms with Crippen molar-refractivity contribution >= 4 is 117 Å². The topological polar surface area (TPSA) is 391 Å². The smallest absolute Gasteiger partial charge is 0.539 e. The average molecular weight is 1400 g/mol. The minimum atomic E-state index is -0.750. The van der Waals surface area contributed by atoms with Crippen molar-refractivity contribution < 1.29 is 102 Å². The third-order valence-electron chi connectivity index (χ3n) is 11.7. The van der Waals surface area contributed by atoms with Crippen LogP contribution in [0.4, 0.5) is 38.3 Å². The molecule has 7 rings (SSSR count). The maximum absolute atomic E-state index is 11.5. The van der Waals surface area contributed by atoms with Gasteiger partial charge in [-0.2, -0.15) is 0 Å². The zero-order valence-electron chi connectivity index (χ0n) is 53.4. The van der Waals surface area contributed by atoms with Crippen LogP contribution in [0, 0.1) is 32.6 Å². The predicted octanol–water partition coefficient (Wildman–Crippen LogP) is 5.30. The fraction of sp³-hybridized carbons (Fsp3) is 0.424. The van der Waals surface area contributed by atoms with Crippen molar-refractivity contribution in [2.75, 3.05) is 57.5 Å². The van der Waals surface area contributed by atoms with E-state index < -0.39 is 57.0 Å². The first-order valence-electron chi connectivity index (χ1n) is 27.2. The van der Waals surface area contributed by atoms with E-state index in [9.17, 15) is 52.7 Å². The number of anilines is 5. The van der Waals surface area contributed by atoms with Crippen molar-refractivity contribution in [2.24, 2.45) is 19.8 Å². The number of nitrogens with one attached hydrogen (secondary N) is 6. The molecule has 0 spiro atoms. The molecule has 4 heterocycles. The first-order chi connectivity index (χ1) is 42.2. The molecule has 28 nitrogen and oxygen atoms in total. The first kappa shape index (κ1) is 91.3. The monoisotopic (exact) mass is 1400 g/mol. The second kappa shape index (κ2) is 50.5. The van der Waals surface area contributed by atoms with Crippen molar-refractivity contribution in [3.63, 3.8) is 0 Å². The zero-order chi connectivity index (χ0) is 69.4. The molecule has 2 aromatic heterocycles. The predicted molar refractivity (Wildman–Crippen MR) is 360 cm³/mol. The Balaban J connectivity index is -0.000000242. The van der Waals surface area contributed by atoms with Gasteiger partial charge in [-0.15, -0.1) is 0 Å². The van der Waals surface area contributed by atoms with Crippen LogP contribution in [-0.4, -0.2) is 122 Å². The number of aromatic nitrogens is 4. The van der Waals surface area contributed by atoms with Crippen molar-refractivity contribution in [3.05, 3.63) is 159 Å². The van der Waals surface area contributed by atoms with Crippen molar-refractivity contribution in [3.8, 4) is 0 Å². The van der Waals surface area contributed by atoms with Crippen LogP contribution in [-0.2, 0) is 71.5 Å². The SMILES string of the molecule is C.CCOC(=O)CC(=O)OCC.CCc1cc(N)ccc1C.CCc1cc(Nc2cc(=O)n(C)c(=O)[nH]2)ccc1C.CCc1cc(Nc2cc(=O)n(C)c(=O)[nH]2)ccc1C.CN1C(=O)CC(=O)NC1=O.CN1C(=O)CC(Cl)NC1=O.COCN.ClC(Cl)Cl.[2HH].[2HH].[C-]#[N+][O-].[K+]. The standard InChI is InChI=1S/2C14H17N3O2.C9H13N.C7H12O4.C5H7ClN2O2.C5H6N2O3.C2H7NO.CHCl3.CNO.CH4.K.2H2/c2*1-4-10-7-11(6-5-9(10)2)15-12-8-13(18)17(3)14(19)16-12;1-3-8-6-9(10)5-4-7(8)2;1-3-10-6(8)5-7(9)11-4-2;1-8-4(9)2-3(6)7-5(8)10;1-7-4(9)2-3(8)6-5(7)10;1-4-2-3;2-1(3)4;1-2-3;;;;/h2*5-8,15H,4H2,1-3H3,(H,16,19);4-6H,3,10H2,1-2H3;3-5H2,1-2H3;3H,2H2,1H3,(H,7,10);2H2,1H3,(H,6,8,10);2-3H2,1H3;1H;;1H4;;2*1H/q;;;;;;;;-1;;+1;;/i;;;;;;;;;;;2*1+1. The number of alkyl halides is 4. The summed E-state index contributed by atoms with van der Waals surface area (Å²) in [5.41, 5.74) is 18.5. The number of aryl methyl sites for hydroxylation is 6. The van der Waals surface area contributed by atoms with E-state index >= 15 is 0 Å². The van der Waals surface area contributed by atoms with Gasteiger partial charge in [-0.3, -0.25) is 72.8 Å². The summed E-state index contributed by atoms with van der Waals surface area (Å²) in [6.45, 7) is 22.1. The number of amides is 7. The van der Waals surface area contributed by atoms with Crippen LogP contribution in [0.5, 0.6) is 0 Å². The summed E-state index contributed by atoms with van der Waals surface area (Å²) in [6.07, 6.45) is 2.59. The molecule has 1 atom stereocenters. The fourth-order valence-corrected chi connectivity index (χ4v) is 6.96. The number of halogens is 4. The van der Waals surface area contributed by atoms with E-state index in [1.165, 1.54) is 78.7 Å². The third-order valence-corrected chi connectivity index (χ3v) is 11.9. The Bertz CT molecular complexity index is 3200.